The van der Waals surface area contributed by atoms with Gasteiger partial charge in [-0.15, -0.1) is 25.7 Å². The molecule has 0 unspecified atom stereocenters. The number of rotatable bonds is 16. The highest BCUT2D eigenvalue weighted by molar-refractivity contribution is 5.88. The van der Waals surface area contributed by atoms with E-state index in [0.717, 1.165) is 57.9 Å². The fraction of sp³-hybridized carbons (Fsp3) is 0.762. The van der Waals surface area contributed by atoms with E-state index in [1.807, 2.05) is 70.4 Å². The van der Waals surface area contributed by atoms with Crippen molar-refractivity contribution in [2.75, 3.05) is 61.5 Å². The number of nitrogens with one attached hydrogen (secondary N) is 1. The van der Waals surface area contributed by atoms with Gasteiger partial charge < -0.3 is 78.7 Å². The van der Waals surface area contributed by atoms with Crippen LogP contribution in [0.3, 0.4) is 0 Å². The van der Waals surface area contributed by atoms with Crippen molar-refractivity contribution >= 4 is 30.3 Å². The number of benzene rings is 1. The lowest BCUT2D eigenvalue weighted by Gasteiger charge is -2.43. The number of carbonyl (C=O) groups is 4. The highest BCUT2D eigenvalue weighted by atomic mass is 19.1. The number of carbonyl (C=O) groups excluding carboxylic acids is 4. The largest absolute Gasteiger partial charge is 0.459 e. The monoisotopic (exact) mass is 1190 g/mol. The first-order valence-electron chi connectivity index (χ1n) is 29.3. The Labute approximate surface area is 502 Å². The topological polar surface area (TPSA) is 265 Å². The molecule has 2 amide bonds. The van der Waals surface area contributed by atoms with Crippen LogP contribution in [-0.4, -0.2) is 193 Å². The first-order chi connectivity index (χ1) is 39.8. The Bertz CT molecular complexity index is 2050. The van der Waals surface area contributed by atoms with Crippen molar-refractivity contribution in [3.8, 4) is 25.7 Å². The van der Waals surface area contributed by atoms with Crippen LogP contribution in [0.15, 0.2) is 29.4 Å². The van der Waals surface area contributed by atoms with E-state index in [0.29, 0.717) is 55.3 Å². The normalized spacial score (nSPS) is 32.5. The minimum absolute atomic E-state index is 0.0502. The number of aliphatic hydroxyl groups excluding tert-OH is 4. The molecule has 5 rings (SSSR count). The van der Waals surface area contributed by atoms with Crippen molar-refractivity contribution in [3.05, 3.63) is 35.4 Å². The number of methoxy groups -OCH3 is 2. The maximum absolute atomic E-state index is 13.7. The van der Waals surface area contributed by atoms with E-state index in [1.165, 1.54) is 14.0 Å². The molecular weight excluding hydrogens is 1090 g/mol. The molecule has 4 saturated heterocycles. The lowest BCUT2D eigenvalue weighted by atomic mass is 9.75. The van der Waals surface area contributed by atoms with Crippen LogP contribution in [0.5, 0.6) is 0 Å². The van der Waals surface area contributed by atoms with Gasteiger partial charge in [0.15, 0.2) is 12.6 Å². The number of esters is 1. The molecule has 4 heterocycles. The third-order valence-electron chi connectivity index (χ3n) is 16.5. The summed E-state index contributed by atoms with van der Waals surface area (Å²) < 4.78 is 48.9. The van der Waals surface area contributed by atoms with Gasteiger partial charge in [0.05, 0.1) is 47.7 Å². The Hall–Kier alpha value is -4.62. The highest BCUT2D eigenvalue weighted by Crippen LogP contribution is 2.39. The molecule has 0 spiro atoms. The minimum atomic E-state index is -1.76. The van der Waals surface area contributed by atoms with Gasteiger partial charge >= 0.3 is 5.97 Å². The summed E-state index contributed by atoms with van der Waals surface area (Å²) in [5.41, 5.74) is -0.132. The Morgan fingerprint density at radius 2 is 1.50 bits per heavy atom. The molecule has 0 aliphatic carbocycles. The average Bonchev–Trinajstić information content (AvgIpc) is 3.55. The number of hydrogen-bond donors (Lipinski definition) is 6. The summed E-state index contributed by atoms with van der Waals surface area (Å²) in [5.74, 6) is -1.49. The number of nitrogens with zero attached hydrogens (tertiary/aromatic N) is 3. The zero-order valence-electron chi connectivity index (χ0n) is 53.1. The molecule has 0 aromatic heterocycles. The fourth-order valence-corrected chi connectivity index (χ4v) is 11.9. The van der Waals surface area contributed by atoms with Crippen LogP contribution in [-0.2, 0) is 52.4 Å². The molecule has 4 aliphatic heterocycles. The molecule has 1 aromatic rings. The van der Waals surface area contributed by atoms with Crippen LogP contribution in [0.4, 0.5) is 4.39 Å². The minimum Gasteiger partial charge on any atom is -0.459 e. The average molecular weight is 1200 g/mol. The second kappa shape index (κ2) is 40.7. The van der Waals surface area contributed by atoms with E-state index in [2.05, 4.69) is 50.0 Å². The van der Waals surface area contributed by atoms with Crippen molar-refractivity contribution in [2.45, 2.75) is 219 Å². The molecular formula is C63H107FN4O16. The van der Waals surface area contributed by atoms with Gasteiger partial charge in [-0.3, -0.25) is 14.4 Å². The van der Waals surface area contributed by atoms with Crippen LogP contribution >= 0.6 is 0 Å². The molecule has 4 aliphatic rings. The maximum Gasteiger partial charge on any atom is 0.311 e. The standard InChI is InChI=1S/C31H57NO9.C26H40FN3O5.2C2H2.CH4O.CH2O/c1-12-24-31(9,35)28(33)22(6)26(32-38-17-36-10)19(3)15-30(8,37-11)16-20(4)27(23(7)29(34)40-24)41-25-14-18(2)13-21(5)39-25;1-17-14-22(15-25(33)35-17)29(3)11-10-24(32)28-23(16-27)26(34)21-6-4-19(5-7-21)20-8-12-30(13-9-20)18(2)31;4*1-2/h18-25,27-28,33,35H,12-17H2,1-11H3;4-7,17,20,22-23,25-26,33-34H,8-16H2,1-3H3,(H,28,32);2*1-2H;2H,1H3;1H2/b32-26-;;;;;/t18-,19-,20-,21+,22+,23-,24-,25+,27+,28-,30-,31-;17-,22+,23-,25-,26-;;;;/m11..../s1. The molecule has 21 heteroatoms. The Kier molecular flexibility index (Phi) is 38.5. The SMILES string of the molecule is C#C.C#C.C=O.CC(=O)N1CCC(c2ccc([C@@H](O)[C@@H](CF)NC(=O)CCN(C)[C@H]3C[C@@H](C)O[C@@H](O)C3)cc2)CC1.CC[C@H]1OC(=O)[C@H](C)[C@@H](O[C@H]2C[C@H](C)C[C@H](C)O2)[C@H](C)C[C@](C)(OC)C[C@@H](C)/C(=N/OCOC)[C@H](C)[C@@H](O)[C@]1(C)O.CO. The maximum atomic E-state index is 13.7. The van der Waals surface area contributed by atoms with Gasteiger partial charge in [0.1, 0.15) is 31.3 Å². The van der Waals surface area contributed by atoms with Crippen LogP contribution < -0.4 is 5.32 Å². The molecule has 0 saturated carbocycles. The predicted molar refractivity (Wildman–Crippen MR) is 322 cm³/mol. The smallest absolute Gasteiger partial charge is 0.311 e. The number of ether oxygens (including phenoxy) is 6. The number of cyclic esters (lactones) is 1. The Balaban J connectivity index is 0.00000148. The van der Waals surface area contributed by atoms with Crippen LogP contribution in [0.1, 0.15) is 164 Å². The predicted octanol–water partition coefficient (Wildman–Crippen LogP) is 6.72. The van der Waals surface area contributed by atoms with Gasteiger partial charge in [0.25, 0.3) is 0 Å². The molecule has 84 heavy (non-hydrogen) atoms. The summed E-state index contributed by atoms with van der Waals surface area (Å²) in [6.07, 6.45) is 17.2. The van der Waals surface area contributed by atoms with Crippen molar-refractivity contribution < 1.29 is 82.4 Å². The molecule has 1 aromatic carbocycles. The van der Waals surface area contributed by atoms with E-state index in [-0.39, 0.29) is 55.1 Å². The second-order valence-corrected chi connectivity index (χ2v) is 23.1. The van der Waals surface area contributed by atoms with Crippen LogP contribution in [0.25, 0.3) is 0 Å². The molecule has 0 radical (unpaired) electrons. The summed E-state index contributed by atoms with van der Waals surface area (Å²) in [5, 5.41) is 57.6. The number of hydrogen-bond acceptors (Lipinski definition) is 18. The molecule has 482 valence electrons. The lowest BCUT2D eigenvalue weighted by molar-refractivity contribution is -0.242. The highest BCUT2D eigenvalue weighted by Gasteiger charge is 2.48. The summed E-state index contributed by atoms with van der Waals surface area (Å²) in [6, 6.07) is 6.55. The van der Waals surface area contributed by atoms with Crippen molar-refractivity contribution in [3.63, 3.8) is 0 Å². The molecule has 20 nitrogen and oxygen atoms in total. The summed E-state index contributed by atoms with van der Waals surface area (Å²) >= 11 is 0. The summed E-state index contributed by atoms with van der Waals surface area (Å²) in [4.78, 5) is 54.9. The van der Waals surface area contributed by atoms with Gasteiger partial charge in [-0.25, -0.2) is 4.39 Å². The van der Waals surface area contributed by atoms with Gasteiger partial charge in [0, 0.05) is 85.0 Å². The molecule has 17 atom stereocenters. The second-order valence-electron chi connectivity index (χ2n) is 23.1. The van der Waals surface area contributed by atoms with Gasteiger partial charge in [-0.05, 0) is 115 Å². The van der Waals surface area contributed by atoms with Crippen LogP contribution in [0, 0.1) is 55.3 Å². The molecule has 4 fully saturated rings. The van der Waals surface area contributed by atoms with Crippen molar-refractivity contribution in [1.29, 1.82) is 0 Å². The van der Waals surface area contributed by atoms with E-state index >= 15 is 0 Å². The zero-order valence-corrected chi connectivity index (χ0v) is 53.1. The number of likely N-dealkylation sites (tertiary alicyclic amines) is 1. The molecule has 0 bridgehead atoms. The number of terminal acetylenes is 2. The van der Waals surface area contributed by atoms with E-state index in [4.69, 9.17) is 43.2 Å². The quantitative estimate of drug-likeness (QED) is 0.0330. The number of amides is 2. The number of oxime groups is 1. The zero-order chi connectivity index (χ0) is 64.7. The van der Waals surface area contributed by atoms with E-state index in [9.17, 15) is 39.2 Å². The number of halogens is 1. The van der Waals surface area contributed by atoms with Gasteiger partial charge in [0.2, 0.25) is 18.6 Å². The van der Waals surface area contributed by atoms with Gasteiger partial charge in [-0.1, -0.05) is 64.0 Å². The van der Waals surface area contributed by atoms with Crippen molar-refractivity contribution in [2.24, 2.45) is 34.7 Å². The van der Waals surface area contributed by atoms with Gasteiger partial charge in [-0.2, -0.15) is 0 Å². The first kappa shape index (κ1) is 79.4. The molecule has 6 N–H and O–H groups in total. The fourth-order valence-electron chi connectivity index (χ4n) is 11.9. The van der Waals surface area contributed by atoms with Crippen molar-refractivity contribution in [1.82, 2.24) is 15.1 Å². The van der Waals surface area contributed by atoms with Crippen LogP contribution in [0.2, 0.25) is 0 Å². The van der Waals surface area contributed by atoms with E-state index in [1.54, 1.807) is 40.0 Å². The summed E-state index contributed by atoms with van der Waals surface area (Å²) in [7, 11) is 6.08. The third-order valence-corrected chi connectivity index (χ3v) is 16.5. The number of alkyl halides is 1. The number of aliphatic hydroxyl groups is 5. The Morgan fingerprint density at radius 1 is 0.917 bits per heavy atom. The third kappa shape index (κ3) is 25.0. The Morgan fingerprint density at radius 3 is 2.01 bits per heavy atom. The summed E-state index contributed by atoms with van der Waals surface area (Å²) in [6.45, 7) is 23.7. The van der Waals surface area contributed by atoms with E-state index < -0.39 is 78.7 Å². The first-order valence-corrected chi connectivity index (χ1v) is 29.3. The lowest BCUT2D eigenvalue weighted by Crippen LogP contribution is -2.56. The number of piperidine rings is 1.